The van der Waals surface area contributed by atoms with Crippen LogP contribution in [0.2, 0.25) is 0 Å². The Bertz CT molecular complexity index is 1090. The van der Waals surface area contributed by atoms with Crippen molar-refractivity contribution >= 4 is 11.8 Å². The normalized spacial score (nSPS) is 12.4. The van der Waals surface area contributed by atoms with Crippen LogP contribution in [0, 0.1) is 5.82 Å². The highest BCUT2D eigenvalue weighted by Gasteiger charge is 2.20. The van der Waals surface area contributed by atoms with Gasteiger partial charge >= 0.3 is 5.84 Å². The highest BCUT2D eigenvalue weighted by molar-refractivity contribution is 5.79. The summed E-state index contributed by atoms with van der Waals surface area (Å²) in [7, 11) is 0. The van der Waals surface area contributed by atoms with Crippen molar-refractivity contribution in [3.63, 3.8) is 0 Å². The van der Waals surface area contributed by atoms with E-state index in [1.54, 1.807) is 41.3 Å². The van der Waals surface area contributed by atoms with Crippen LogP contribution in [-0.2, 0) is 0 Å². The van der Waals surface area contributed by atoms with Gasteiger partial charge in [0.15, 0.2) is 0 Å². The molecular weight excluding hydrogens is 373 g/mol. The maximum Gasteiger partial charge on any atom is 0.306 e. The summed E-state index contributed by atoms with van der Waals surface area (Å²) in [5.74, 6) is 0.540. The number of nitrogens with zero attached hydrogens (tertiary/aromatic N) is 4. The maximum atomic E-state index is 13.4. The number of aromatic nitrogens is 4. The average molecular weight is 395 g/mol. The minimum atomic E-state index is -0.311. The molecule has 0 bridgehead atoms. The molecule has 0 aliphatic heterocycles. The van der Waals surface area contributed by atoms with Crippen molar-refractivity contribution in [1.29, 1.82) is 0 Å². The minimum absolute atomic E-state index is 0.00702. The van der Waals surface area contributed by atoms with Crippen molar-refractivity contribution in [2.45, 2.75) is 32.2 Å². The molecule has 150 valence electrons. The van der Waals surface area contributed by atoms with Gasteiger partial charge in [0.05, 0.1) is 18.3 Å². The van der Waals surface area contributed by atoms with Gasteiger partial charge in [-0.25, -0.2) is 14.4 Å². The number of fused-ring (bicyclic) bond motifs is 1. The first-order chi connectivity index (χ1) is 14.2. The van der Waals surface area contributed by atoms with Crippen LogP contribution < -0.4 is 5.32 Å². The van der Waals surface area contributed by atoms with Gasteiger partial charge in [0.2, 0.25) is 5.95 Å². The molecule has 0 saturated heterocycles. The van der Waals surface area contributed by atoms with Gasteiger partial charge in [0, 0.05) is 18.0 Å². The summed E-state index contributed by atoms with van der Waals surface area (Å²) in [5.41, 5.74) is 2.76. The van der Waals surface area contributed by atoms with Gasteiger partial charge in [-0.15, -0.1) is 0 Å². The van der Waals surface area contributed by atoms with E-state index in [1.807, 2.05) is 0 Å². The van der Waals surface area contributed by atoms with E-state index in [1.165, 1.54) is 12.1 Å². The van der Waals surface area contributed by atoms with E-state index < -0.39 is 0 Å². The van der Waals surface area contributed by atoms with Gasteiger partial charge in [-0.3, -0.25) is 4.40 Å². The smallest absolute Gasteiger partial charge is 0.306 e. The zero-order valence-corrected chi connectivity index (χ0v) is 16.0. The summed E-state index contributed by atoms with van der Waals surface area (Å²) in [6.07, 6.45) is 7.86. The molecule has 2 N–H and O–H groups in total. The molecule has 3 heterocycles. The molecule has 0 unspecified atom stereocenters. The van der Waals surface area contributed by atoms with Crippen molar-refractivity contribution in [2.75, 3.05) is 11.9 Å². The molecule has 0 radical (unpaired) electrons. The van der Waals surface area contributed by atoms with Gasteiger partial charge in [-0.05, 0) is 36.8 Å². The lowest BCUT2D eigenvalue weighted by molar-refractivity contribution is 0.266. The lowest BCUT2D eigenvalue weighted by atomic mass is 10.1. The third kappa shape index (κ3) is 3.97. The number of halogens is 1. The minimum Gasteiger partial charge on any atom is -0.432 e. The maximum absolute atomic E-state index is 13.4. The first-order valence-electron chi connectivity index (χ1n) is 9.62. The molecule has 1 atom stereocenters. The van der Waals surface area contributed by atoms with Crippen LogP contribution in [0.5, 0.6) is 0 Å². The van der Waals surface area contributed by atoms with E-state index in [0.717, 1.165) is 30.5 Å². The van der Waals surface area contributed by atoms with Gasteiger partial charge < -0.3 is 14.8 Å². The van der Waals surface area contributed by atoms with Crippen molar-refractivity contribution in [1.82, 2.24) is 19.4 Å². The van der Waals surface area contributed by atoms with Crippen LogP contribution in [0.15, 0.2) is 53.4 Å². The standard InChI is InChI=1S/C21H22FN5O2/c1-2-3-4-16(13-28)24-20-23-10-9-17(25-20)19-18(14-5-7-15(22)8-6-14)26-21-27(19)11-12-29-21/h5-12,16,28H,2-4,13H2,1H3,(H,23,24,25)/t16-/m0/s1. The Morgan fingerprint density at radius 2 is 2.03 bits per heavy atom. The topological polar surface area (TPSA) is 88.5 Å². The number of hydrogen-bond acceptors (Lipinski definition) is 6. The third-order valence-corrected chi connectivity index (χ3v) is 4.74. The zero-order valence-electron chi connectivity index (χ0n) is 16.0. The van der Waals surface area contributed by atoms with E-state index in [0.29, 0.717) is 23.2 Å². The monoisotopic (exact) mass is 395 g/mol. The summed E-state index contributed by atoms with van der Waals surface area (Å²) in [6, 6.07) is 7.82. The largest absolute Gasteiger partial charge is 0.432 e. The number of anilines is 1. The quantitative estimate of drug-likeness (QED) is 0.466. The number of aliphatic hydroxyl groups excluding tert-OH is 1. The summed E-state index contributed by atoms with van der Waals surface area (Å²) in [4.78, 5) is 13.5. The van der Waals surface area contributed by atoms with Crippen molar-refractivity contribution < 1.29 is 13.9 Å². The first-order valence-corrected chi connectivity index (χ1v) is 9.62. The van der Waals surface area contributed by atoms with Crippen LogP contribution in [0.1, 0.15) is 26.2 Å². The third-order valence-electron chi connectivity index (χ3n) is 4.74. The molecule has 3 aromatic heterocycles. The van der Waals surface area contributed by atoms with Crippen LogP contribution in [0.25, 0.3) is 28.5 Å². The molecule has 29 heavy (non-hydrogen) atoms. The predicted molar refractivity (Wildman–Crippen MR) is 108 cm³/mol. The number of imidazole rings is 1. The van der Waals surface area contributed by atoms with Gasteiger partial charge in [-0.1, -0.05) is 19.8 Å². The predicted octanol–water partition coefficient (Wildman–Crippen LogP) is 4.15. The molecule has 0 aliphatic carbocycles. The molecule has 4 rings (SSSR count). The van der Waals surface area contributed by atoms with Crippen LogP contribution >= 0.6 is 0 Å². The fourth-order valence-corrected chi connectivity index (χ4v) is 3.24. The van der Waals surface area contributed by atoms with Gasteiger partial charge in [0.1, 0.15) is 23.5 Å². The summed E-state index contributed by atoms with van der Waals surface area (Å²) >= 11 is 0. The number of aliphatic hydroxyl groups is 1. The van der Waals surface area contributed by atoms with Crippen LogP contribution in [0.3, 0.4) is 0 Å². The lowest BCUT2D eigenvalue weighted by Gasteiger charge is -2.16. The molecule has 0 spiro atoms. The lowest BCUT2D eigenvalue weighted by Crippen LogP contribution is -2.24. The average Bonchev–Trinajstić information content (AvgIpc) is 3.33. The summed E-state index contributed by atoms with van der Waals surface area (Å²) in [5, 5.41) is 12.8. The molecule has 8 heteroatoms. The van der Waals surface area contributed by atoms with E-state index >= 15 is 0 Å². The zero-order chi connectivity index (χ0) is 20.2. The van der Waals surface area contributed by atoms with Gasteiger partial charge in [0.25, 0.3) is 0 Å². The Kier molecular flexibility index (Phi) is 5.53. The molecule has 0 saturated carbocycles. The number of rotatable bonds is 8. The van der Waals surface area contributed by atoms with Gasteiger partial charge in [-0.2, -0.15) is 4.98 Å². The number of unbranched alkanes of at least 4 members (excludes halogenated alkanes) is 1. The Morgan fingerprint density at radius 3 is 2.79 bits per heavy atom. The Balaban J connectivity index is 1.74. The van der Waals surface area contributed by atoms with E-state index in [9.17, 15) is 9.50 Å². The number of nitrogens with one attached hydrogen (secondary N) is 1. The first kappa shape index (κ1) is 19.1. The molecule has 0 amide bonds. The summed E-state index contributed by atoms with van der Waals surface area (Å²) < 4.78 is 20.6. The molecule has 4 aromatic rings. The molecule has 1 aromatic carbocycles. The Morgan fingerprint density at radius 1 is 1.21 bits per heavy atom. The fourth-order valence-electron chi connectivity index (χ4n) is 3.24. The second-order valence-corrected chi connectivity index (χ2v) is 6.80. The highest BCUT2D eigenvalue weighted by Crippen LogP contribution is 2.32. The Hall–Kier alpha value is -3.26. The number of hydrogen-bond donors (Lipinski definition) is 2. The molecule has 7 nitrogen and oxygen atoms in total. The molecular formula is C21H22FN5O2. The highest BCUT2D eigenvalue weighted by atomic mass is 19.1. The van der Waals surface area contributed by atoms with Crippen molar-refractivity contribution in [2.24, 2.45) is 0 Å². The summed E-state index contributed by atoms with van der Waals surface area (Å²) in [6.45, 7) is 2.12. The van der Waals surface area contributed by atoms with E-state index in [-0.39, 0.29) is 18.5 Å². The second-order valence-electron chi connectivity index (χ2n) is 6.80. The van der Waals surface area contributed by atoms with Crippen LogP contribution in [-0.4, -0.2) is 37.1 Å². The molecule has 0 fully saturated rings. The second kappa shape index (κ2) is 8.40. The Labute approximate surface area is 167 Å². The number of oxazole rings is 1. The van der Waals surface area contributed by atoms with E-state index in [2.05, 4.69) is 27.2 Å². The number of benzene rings is 1. The fraction of sp³-hybridized carbons (Fsp3) is 0.286. The van der Waals surface area contributed by atoms with E-state index in [4.69, 9.17) is 4.42 Å². The van der Waals surface area contributed by atoms with Crippen LogP contribution in [0.4, 0.5) is 10.3 Å². The SMILES string of the molecule is CCCC[C@@H](CO)Nc1nccc(-c2c(-c3ccc(F)cc3)nc3occn23)n1. The van der Waals surface area contributed by atoms with Crippen molar-refractivity contribution in [3.05, 3.63) is 54.8 Å². The molecule has 0 aliphatic rings. The van der Waals surface area contributed by atoms with Crippen molar-refractivity contribution in [3.8, 4) is 22.6 Å².